The van der Waals surface area contributed by atoms with Crippen molar-refractivity contribution in [1.29, 1.82) is 0 Å². The van der Waals surface area contributed by atoms with Crippen molar-refractivity contribution in [2.45, 2.75) is 58.2 Å². The number of aromatic nitrogens is 2. The van der Waals surface area contributed by atoms with Gasteiger partial charge in [0.2, 0.25) is 0 Å². The van der Waals surface area contributed by atoms with Crippen LogP contribution in [0.5, 0.6) is 0 Å². The largest absolute Gasteiger partial charge is 0.302 e. The SMILES string of the molecule is [B]C1CC[C@@]2(C)C(C=CC3C2CC[C@]2(C)C(n4cnc5ccccc54)=CCC32)C1. The Morgan fingerprint density at radius 2 is 1.93 bits per heavy atom. The van der Waals surface area contributed by atoms with Crippen LogP contribution in [0.4, 0.5) is 0 Å². The Kier molecular flexibility index (Phi) is 3.81. The Morgan fingerprint density at radius 1 is 1.07 bits per heavy atom. The molecular formula is C26H31BN2. The summed E-state index contributed by atoms with van der Waals surface area (Å²) in [4.78, 5) is 4.68. The number of allylic oxidation sites excluding steroid dienone is 4. The lowest BCUT2D eigenvalue weighted by Crippen LogP contribution is -2.51. The van der Waals surface area contributed by atoms with Crippen LogP contribution < -0.4 is 0 Å². The summed E-state index contributed by atoms with van der Waals surface area (Å²) in [6.45, 7) is 5.11. The molecule has 0 saturated heterocycles. The molecule has 0 bridgehead atoms. The van der Waals surface area contributed by atoms with Crippen LogP contribution in [0.25, 0.3) is 16.7 Å². The smallest absolute Gasteiger partial charge is 0.100 e. The molecule has 6 rings (SSSR count). The summed E-state index contributed by atoms with van der Waals surface area (Å²) in [6, 6.07) is 8.55. The quantitative estimate of drug-likeness (QED) is 0.420. The Hall–Kier alpha value is -1.77. The summed E-state index contributed by atoms with van der Waals surface area (Å²) < 4.78 is 2.38. The van der Waals surface area contributed by atoms with E-state index in [1.165, 1.54) is 49.7 Å². The summed E-state index contributed by atoms with van der Waals surface area (Å²) in [6.07, 6.45) is 17.3. The molecule has 29 heavy (non-hydrogen) atoms. The summed E-state index contributed by atoms with van der Waals surface area (Å²) in [5.41, 5.74) is 4.52. The van der Waals surface area contributed by atoms with E-state index in [-0.39, 0.29) is 5.41 Å². The first-order chi connectivity index (χ1) is 14.0. The number of para-hydroxylation sites is 2. The standard InChI is InChI=1S/C26H31BN2/c1-25-13-11-18(27)15-17(25)7-8-19-20-9-10-24(26(20,2)14-12-21(19)25)29-16-28-22-5-3-4-6-23(22)29/h3-8,10,16-21H,9,11-15H2,1-2H3/t17?,18?,19?,20?,21?,25-,26-/m0/s1. The lowest BCUT2D eigenvalue weighted by molar-refractivity contribution is -0.0372. The number of benzene rings is 1. The summed E-state index contributed by atoms with van der Waals surface area (Å²) in [5.74, 6) is 3.31. The van der Waals surface area contributed by atoms with E-state index < -0.39 is 0 Å². The average molecular weight is 382 g/mol. The van der Waals surface area contributed by atoms with Crippen LogP contribution in [0.3, 0.4) is 0 Å². The van der Waals surface area contributed by atoms with Gasteiger partial charge in [-0.05, 0) is 66.9 Å². The molecule has 2 radical (unpaired) electrons. The minimum atomic E-state index is 0.239. The zero-order chi connectivity index (χ0) is 19.8. The normalized spacial score (nSPS) is 43.5. The summed E-state index contributed by atoms with van der Waals surface area (Å²) in [7, 11) is 6.34. The van der Waals surface area contributed by atoms with E-state index in [4.69, 9.17) is 7.85 Å². The van der Waals surface area contributed by atoms with Crippen molar-refractivity contribution in [3.63, 3.8) is 0 Å². The molecule has 0 N–H and O–H groups in total. The molecule has 7 atom stereocenters. The fraction of sp³-hybridized carbons (Fsp3) is 0.577. The Labute approximate surface area is 175 Å². The van der Waals surface area contributed by atoms with Crippen molar-refractivity contribution in [2.75, 3.05) is 0 Å². The van der Waals surface area contributed by atoms with Gasteiger partial charge in [0.25, 0.3) is 0 Å². The lowest BCUT2D eigenvalue weighted by Gasteiger charge is -2.58. The van der Waals surface area contributed by atoms with Crippen molar-refractivity contribution >= 4 is 24.6 Å². The third-order valence-corrected chi connectivity index (χ3v) is 9.46. The van der Waals surface area contributed by atoms with E-state index in [2.05, 4.69) is 65.9 Å². The molecule has 2 aromatic rings. The van der Waals surface area contributed by atoms with Gasteiger partial charge >= 0.3 is 0 Å². The number of hydrogen-bond acceptors (Lipinski definition) is 1. The molecular weight excluding hydrogens is 351 g/mol. The van der Waals surface area contributed by atoms with Gasteiger partial charge in [-0.2, -0.15) is 0 Å². The zero-order valence-electron chi connectivity index (χ0n) is 17.7. The topological polar surface area (TPSA) is 17.8 Å². The van der Waals surface area contributed by atoms with Crippen LogP contribution in [0, 0.1) is 34.5 Å². The minimum Gasteiger partial charge on any atom is -0.302 e. The fourth-order valence-electron chi connectivity index (χ4n) is 7.72. The van der Waals surface area contributed by atoms with Crippen LogP contribution in [-0.2, 0) is 0 Å². The van der Waals surface area contributed by atoms with Crippen molar-refractivity contribution in [2.24, 2.45) is 34.5 Å². The molecule has 0 amide bonds. The summed E-state index contributed by atoms with van der Waals surface area (Å²) in [5, 5.41) is 0. The van der Waals surface area contributed by atoms with Gasteiger partial charge in [0.15, 0.2) is 0 Å². The minimum absolute atomic E-state index is 0.239. The third-order valence-electron chi connectivity index (χ3n) is 9.46. The molecule has 2 fully saturated rings. The van der Waals surface area contributed by atoms with Gasteiger partial charge in [0.1, 0.15) is 6.33 Å². The van der Waals surface area contributed by atoms with Crippen LogP contribution in [0.15, 0.2) is 48.8 Å². The van der Waals surface area contributed by atoms with E-state index in [0.717, 1.165) is 11.4 Å². The highest BCUT2D eigenvalue weighted by molar-refractivity contribution is 6.11. The number of nitrogens with zero attached hydrogens (tertiary/aromatic N) is 2. The molecule has 0 aliphatic heterocycles. The number of imidazole rings is 1. The molecule has 1 aromatic carbocycles. The van der Waals surface area contributed by atoms with E-state index in [1.54, 1.807) is 0 Å². The molecule has 3 heteroatoms. The van der Waals surface area contributed by atoms with Gasteiger partial charge in [0.05, 0.1) is 18.9 Å². The van der Waals surface area contributed by atoms with Gasteiger partial charge in [-0.3, -0.25) is 0 Å². The highest BCUT2D eigenvalue weighted by Gasteiger charge is 2.57. The fourth-order valence-corrected chi connectivity index (χ4v) is 7.72. The van der Waals surface area contributed by atoms with E-state index in [0.29, 0.717) is 29.0 Å². The highest BCUT2D eigenvalue weighted by Crippen LogP contribution is 2.65. The van der Waals surface area contributed by atoms with Crippen molar-refractivity contribution in [3.05, 3.63) is 48.8 Å². The van der Waals surface area contributed by atoms with Crippen LogP contribution in [-0.4, -0.2) is 17.4 Å². The Balaban J connectivity index is 1.37. The molecule has 4 aliphatic carbocycles. The molecule has 2 nitrogen and oxygen atoms in total. The first-order valence-electron chi connectivity index (χ1n) is 11.6. The van der Waals surface area contributed by atoms with Crippen LogP contribution in [0.1, 0.15) is 52.4 Å². The monoisotopic (exact) mass is 382 g/mol. The second-order valence-electron chi connectivity index (χ2n) is 10.7. The van der Waals surface area contributed by atoms with Gasteiger partial charge in [-0.1, -0.05) is 62.9 Å². The molecule has 148 valence electrons. The van der Waals surface area contributed by atoms with E-state index in [1.807, 2.05) is 6.33 Å². The van der Waals surface area contributed by atoms with Gasteiger partial charge in [-0.15, -0.1) is 0 Å². The van der Waals surface area contributed by atoms with E-state index in [9.17, 15) is 0 Å². The van der Waals surface area contributed by atoms with E-state index >= 15 is 0 Å². The highest BCUT2D eigenvalue weighted by atomic mass is 15.1. The predicted molar refractivity (Wildman–Crippen MR) is 121 cm³/mol. The number of hydrogen-bond donors (Lipinski definition) is 0. The van der Waals surface area contributed by atoms with Gasteiger partial charge < -0.3 is 4.57 Å². The Bertz CT molecular complexity index is 1020. The molecule has 0 spiro atoms. The average Bonchev–Trinajstić information content (AvgIpc) is 3.29. The first kappa shape index (κ1) is 18.0. The predicted octanol–water partition coefficient (Wildman–Crippen LogP) is 6.26. The first-order valence-corrected chi connectivity index (χ1v) is 11.6. The zero-order valence-corrected chi connectivity index (χ0v) is 17.7. The second kappa shape index (κ2) is 6.12. The maximum Gasteiger partial charge on any atom is 0.100 e. The lowest BCUT2D eigenvalue weighted by atomic mass is 9.45. The van der Waals surface area contributed by atoms with Crippen molar-refractivity contribution in [3.8, 4) is 0 Å². The molecule has 5 unspecified atom stereocenters. The number of fused-ring (bicyclic) bond motifs is 6. The van der Waals surface area contributed by atoms with Gasteiger partial charge in [0, 0.05) is 11.1 Å². The van der Waals surface area contributed by atoms with Gasteiger partial charge in [-0.25, -0.2) is 4.98 Å². The third kappa shape index (κ3) is 2.39. The van der Waals surface area contributed by atoms with Crippen molar-refractivity contribution < 1.29 is 0 Å². The molecule has 2 saturated carbocycles. The Morgan fingerprint density at radius 3 is 2.83 bits per heavy atom. The second-order valence-corrected chi connectivity index (χ2v) is 10.7. The molecule has 1 heterocycles. The maximum atomic E-state index is 6.34. The van der Waals surface area contributed by atoms with Crippen LogP contribution in [0.2, 0.25) is 5.82 Å². The maximum absolute atomic E-state index is 6.34. The molecule has 1 aromatic heterocycles. The number of rotatable bonds is 1. The summed E-state index contributed by atoms with van der Waals surface area (Å²) >= 11 is 0. The van der Waals surface area contributed by atoms with Crippen molar-refractivity contribution in [1.82, 2.24) is 9.55 Å². The molecule has 4 aliphatic rings. The van der Waals surface area contributed by atoms with Crippen LogP contribution >= 0.6 is 0 Å².